The molecule has 0 atom stereocenters. The van der Waals surface area contributed by atoms with Gasteiger partial charge in [-0.05, 0) is 97.4 Å². The predicted molar refractivity (Wildman–Crippen MR) is 275 cm³/mol. The first-order valence-electron chi connectivity index (χ1n) is 26.2. The van der Waals surface area contributed by atoms with Gasteiger partial charge in [0, 0.05) is 50.2 Å². The maximum atomic E-state index is 9.67. The normalized spacial score (nSPS) is 14.3. The molecule has 0 spiro atoms. The number of nitrogens with zero attached hydrogens (tertiary/aromatic N) is 4. The minimum Gasteiger partial charge on any atom is -0.509 e. The van der Waals surface area contributed by atoms with Crippen LogP contribution in [0.4, 0.5) is 22.7 Å². The number of aryl methyl sites for hydroxylation is 1. The molecular formula is C60H70N4OPt+2. The Morgan fingerprint density at radius 2 is 1.38 bits per heavy atom. The van der Waals surface area contributed by atoms with E-state index in [1.54, 1.807) is 4.58 Å². The first kappa shape index (κ1) is 42.3. The van der Waals surface area contributed by atoms with E-state index in [-0.39, 0.29) is 50.5 Å². The van der Waals surface area contributed by atoms with Crippen LogP contribution in [0, 0.1) is 18.1 Å². The Kier molecular flexibility index (Phi) is 12.6. The van der Waals surface area contributed by atoms with Crippen LogP contribution in [0.1, 0.15) is 156 Å². The average molecular weight is 1060 g/mol. The number of aromatic nitrogens is 2. The van der Waals surface area contributed by atoms with Crippen molar-refractivity contribution in [2.75, 3.05) is 0 Å². The van der Waals surface area contributed by atoms with Gasteiger partial charge in [-0.15, -0.1) is 23.6 Å². The van der Waals surface area contributed by atoms with Crippen LogP contribution in [0.5, 0.6) is 11.5 Å². The topological polar surface area (TPSA) is 33.1 Å². The van der Waals surface area contributed by atoms with E-state index in [4.69, 9.17) is 9.72 Å². The molecule has 6 heteroatoms. The van der Waals surface area contributed by atoms with Crippen molar-refractivity contribution in [1.29, 1.82) is 0 Å². The van der Waals surface area contributed by atoms with Gasteiger partial charge in [0.05, 0.1) is 4.11 Å². The molecule has 0 saturated heterocycles. The number of fused-ring (bicyclic) bond motifs is 4. The van der Waals surface area contributed by atoms with E-state index in [0.29, 0.717) is 34.0 Å². The molecule has 0 saturated carbocycles. The summed E-state index contributed by atoms with van der Waals surface area (Å²) >= 11 is 0. The Bertz CT molecular complexity index is 3170. The number of unbranched alkanes of at least 4 members (excludes halogenated alkanes) is 5. The van der Waals surface area contributed by atoms with Gasteiger partial charge >= 0.3 is 27.1 Å². The first-order chi connectivity index (χ1) is 32.9. The van der Waals surface area contributed by atoms with Gasteiger partial charge in [0.25, 0.3) is 11.4 Å². The third-order valence-electron chi connectivity index (χ3n) is 12.2. The van der Waals surface area contributed by atoms with E-state index in [1.807, 2.05) is 121 Å². The maximum absolute atomic E-state index is 9.67. The number of ether oxygens (including phenoxy) is 1. The van der Waals surface area contributed by atoms with E-state index in [0.717, 1.165) is 75.0 Å². The average Bonchev–Trinajstić information content (AvgIpc) is 3.82. The molecule has 5 aromatic carbocycles. The molecular weight excluding hydrogens is 988 g/mol. The summed E-state index contributed by atoms with van der Waals surface area (Å²) in [6.07, 6.45) is 8.04. The van der Waals surface area contributed by atoms with Gasteiger partial charge in [-0.25, -0.2) is 4.98 Å². The molecule has 0 radical (unpaired) electrons. The Hall–Kier alpha value is -5.08. The molecule has 3 heterocycles. The summed E-state index contributed by atoms with van der Waals surface area (Å²) in [5.41, 5.74) is 7.15. The van der Waals surface area contributed by atoms with Gasteiger partial charge in [0.1, 0.15) is 11.5 Å². The standard InChI is InChI=1S/C60H70N4O.Pt/c1-13-14-15-16-17-18-22-42-27-30-54-57(51(42)33-41(2)3)50-29-28-49(39-55(50)64(54)56-37-43(31-32-61-56)58(4,5)6)65-48-24-21-23-46(38-48)62-40-63(53-26-20-19-25-52(53)62)47-35-44(59(7,8)9)34-45(36-47)60(10,11)12;/h19-21,23-32,34-37,41H,13-18,22,33H2,1-12H3;/q;+2/i33D2,34D,35D,36D;. The van der Waals surface area contributed by atoms with E-state index >= 15 is 0 Å². The van der Waals surface area contributed by atoms with Gasteiger partial charge in [-0.1, -0.05) is 162 Å². The largest absolute Gasteiger partial charge is 2.00 e. The van der Waals surface area contributed by atoms with E-state index in [9.17, 15) is 6.85 Å². The Balaban J connectivity index is 0.00000741. The predicted octanol–water partition coefficient (Wildman–Crippen LogP) is 16.4. The van der Waals surface area contributed by atoms with Crippen molar-refractivity contribution in [1.82, 2.24) is 18.7 Å². The summed E-state index contributed by atoms with van der Waals surface area (Å²) in [4.78, 5) is 4.95. The number of hydrogen-bond acceptors (Lipinski definition) is 2. The van der Waals surface area contributed by atoms with Crippen LogP contribution in [0.15, 0.2) is 103 Å². The molecule has 0 N–H and O–H groups in total. The van der Waals surface area contributed by atoms with Gasteiger partial charge in [0.2, 0.25) is 5.69 Å². The van der Waals surface area contributed by atoms with Crippen LogP contribution in [0.25, 0.3) is 27.6 Å². The van der Waals surface area contributed by atoms with E-state index in [2.05, 4.69) is 74.7 Å². The van der Waals surface area contributed by atoms with Crippen LogP contribution in [0.3, 0.4) is 0 Å². The summed E-state index contributed by atoms with van der Waals surface area (Å²) in [6.45, 7) is 24.9. The van der Waals surface area contributed by atoms with Crippen LogP contribution in [-0.4, -0.2) is 15.6 Å². The van der Waals surface area contributed by atoms with Crippen molar-refractivity contribution in [3.05, 3.63) is 143 Å². The summed E-state index contributed by atoms with van der Waals surface area (Å²) in [5, 5.41) is 1.77. The number of para-hydroxylation sites is 2. The van der Waals surface area contributed by atoms with Gasteiger partial charge in [-0.3, -0.25) is 0 Å². The van der Waals surface area contributed by atoms with E-state index < -0.39 is 17.2 Å². The van der Waals surface area contributed by atoms with Crippen LogP contribution >= 0.6 is 0 Å². The van der Waals surface area contributed by atoms with Crippen molar-refractivity contribution in [3.63, 3.8) is 0 Å². The SMILES string of the molecule is [2H]c1c([N+]2=C=[N+](c3[c-]c(Oc4[c-]c5c(cc4)c4c(C([2H])([2H])C(C)C)c(CCCCCCCC)ccc4n5-c4cc(C(C)(C)C)ccn4)ccc3)c3ccccc32)c([2H])c(C(C)(C)C)c([2H])c1C(C)(C)C.[Pt+2]. The van der Waals surface area contributed by atoms with Crippen molar-refractivity contribution < 1.29 is 32.7 Å². The van der Waals surface area contributed by atoms with Gasteiger partial charge in [0.15, 0.2) is 0 Å². The van der Waals surface area contributed by atoms with Gasteiger partial charge in [-0.2, -0.15) is 12.1 Å². The fourth-order valence-electron chi connectivity index (χ4n) is 8.58. The molecule has 0 unspecified atom stereocenters. The van der Waals surface area contributed by atoms with Crippen LogP contribution < -0.4 is 13.9 Å². The number of pyridine rings is 1. The second kappa shape index (κ2) is 19.6. The Morgan fingerprint density at radius 1 is 0.727 bits per heavy atom. The molecule has 344 valence electrons. The Labute approximate surface area is 417 Å². The molecule has 0 bridgehead atoms. The first-order valence-corrected chi connectivity index (χ1v) is 23.7. The summed E-state index contributed by atoms with van der Waals surface area (Å²) < 4.78 is 60.2. The zero-order chi connectivity index (χ0) is 50.7. The number of benzene rings is 5. The minimum absolute atomic E-state index is 0. The summed E-state index contributed by atoms with van der Waals surface area (Å²) in [5.74, 6) is 1.37. The molecule has 5 nitrogen and oxygen atoms in total. The molecule has 1 aliphatic heterocycles. The fourth-order valence-corrected chi connectivity index (χ4v) is 8.58. The molecule has 0 aliphatic carbocycles. The van der Waals surface area contributed by atoms with E-state index in [1.165, 1.54) is 25.7 Å². The van der Waals surface area contributed by atoms with Crippen LogP contribution in [-0.2, 0) is 50.1 Å². The van der Waals surface area contributed by atoms with Crippen molar-refractivity contribution in [3.8, 4) is 17.3 Å². The number of rotatable bonds is 14. The van der Waals surface area contributed by atoms with Gasteiger partial charge < -0.3 is 9.30 Å². The second-order valence-electron chi connectivity index (χ2n) is 21.1. The molecule has 7 aromatic rings. The molecule has 0 amide bonds. The van der Waals surface area contributed by atoms with Crippen molar-refractivity contribution in [2.24, 2.45) is 5.92 Å². The zero-order valence-electron chi connectivity index (χ0n) is 46.1. The summed E-state index contributed by atoms with van der Waals surface area (Å²) in [6, 6.07) is 37.1. The fraction of sp³-hybridized carbons (Fsp3) is 0.400. The summed E-state index contributed by atoms with van der Waals surface area (Å²) in [7, 11) is 0. The monoisotopic (exact) mass is 1060 g/mol. The smallest absolute Gasteiger partial charge is 0.509 e. The van der Waals surface area contributed by atoms with Crippen molar-refractivity contribution >= 4 is 50.6 Å². The molecule has 2 aromatic heterocycles. The second-order valence-corrected chi connectivity index (χ2v) is 21.1. The molecule has 66 heavy (non-hydrogen) atoms. The third kappa shape index (κ3) is 10.4. The maximum Gasteiger partial charge on any atom is 2.00 e. The van der Waals surface area contributed by atoms with Crippen molar-refractivity contribution in [2.45, 2.75) is 151 Å². The molecule has 0 fully saturated rings. The molecule has 1 aliphatic rings. The van der Waals surface area contributed by atoms with Crippen LogP contribution in [0.2, 0.25) is 0 Å². The third-order valence-corrected chi connectivity index (χ3v) is 12.2. The number of hydrogen-bond donors (Lipinski definition) is 0. The minimum atomic E-state index is -1.61. The zero-order valence-corrected chi connectivity index (χ0v) is 43.4. The quantitative estimate of drug-likeness (QED) is 0.0618. The Morgan fingerprint density at radius 3 is 2.05 bits per heavy atom. The molecule has 8 rings (SSSR count).